The summed E-state index contributed by atoms with van der Waals surface area (Å²) in [7, 11) is 0. The molecular formula is C13H21N3OS. The van der Waals surface area contributed by atoms with Crippen LogP contribution < -0.4 is 10.6 Å². The van der Waals surface area contributed by atoms with Crippen LogP contribution in [0.3, 0.4) is 0 Å². The van der Waals surface area contributed by atoms with Crippen molar-refractivity contribution in [3.8, 4) is 0 Å². The zero-order valence-electron chi connectivity index (χ0n) is 11.1. The predicted octanol–water partition coefficient (Wildman–Crippen LogP) is 1.89. The maximum Gasteiger partial charge on any atom is 0.263 e. The summed E-state index contributed by atoms with van der Waals surface area (Å²) in [6, 6.07) is 0.266. The highest BCUT2D eigenvalue weighted by Crippen LogP contribution is 2.19. The monoisotopic (exact) mass is 267 g/mol. The van der Waals surface area contributed by atoms with Gasteiger partial charge in [0.25, 0.3) is 5.91 Å². The molecule has 0 radical (unpaired) electrons. The maximum absolute atomic E-state index is 12.2. The van der Waals surface area contributed by atoms with Gasteiger partial charge in [-0.2, -0.15) is 0 Å². The first-order chi connectivity index (χ1) is 8.70. The quantitative estimate of drug-likeness (QED) is 0.876. The lowest BCUT2D eigenvalue weighted by Gasteiger charge is -2.23. The van der Waals surface area contributed by atoms with Crippen molar-refractivity contribution in [2.24, 2.45) is 0 Å². The molecule has 0 aliphatic carbocycles. The fraction of sp³-hybridized carbons (Fsp3) is 0.692. The molecular weight excluding hydrogens is 246 g/mol. The standard InChI is InChI=1S/C13H21N3OS/c1-3-5-11-15-9(2)12(18-11)13(17)16-10-6-4-7-14-8-10/h10,14H,3-8H2,1-2H3,(H,16,17)/t10-/m0/s1. The van der Waals surface area contributed by atoms with Crippen molar-refractivity contribution in [1.82, 2.24) is 15.6 Å². The van der Waals surface area contributed by atoms with Crippen molar-refractivity contribution in [1.29, 1.82) is 0 Å². The number of aryl methyl sites for hydroxylation is 2. The van der Waals surface area contributed by atoms with Crippen LogP contribution in [0.5, 0.6) is 0 Å². The number of nitrogens with one attached hydrogen (secondary N) is 2. The fourth-order valence-corrected chi connectivity index (χ4v) is 3.28. The normalized spacial score (nSPS) is 19.8. The fourth-order valence-electron chi connectivity index (χ4n) is 2.21. The third-order valence-electron chi connectivity index (χ3n) is 3.14. The number of carbonyl (C=O) groups excluding carboxylic acids is 1. The molecule has 2 N–H and O–H groups in total. The summed E-state index contributed by atoms with van der Waals surface area (Å²) in [6.07, 6.45) is 4.23. The topological polar surface area (TPSA) is 54.0 Å². The summed E-state index contributed by atoms with van der Waals surface area (Å²) in [6.45, 7) is 5.99. The molecule has 5 heteroatoms. The average molecular weight is 267 g/mol. The Morgan fingerprint density at radius 3 is 3.11 bits per heavy atom. The molecule has 18 heavy (non-hydrogen) atoms. The molecule has 0 saturated carbocycles. The summed E-state index contributed by atoms with van der Waals surface area (Å²) in [4.78, 5) is 17.4. The lowest BCUT2D eigenvalue weighted by Crippen LogP contribution is -2.45. The molecule has 1 aliphatic rings. The highest BCUT2D eigenvalue weighted by molar-refractivity contribution is 7.13. The van der Waals surface area contributed by atoms with Crippen molar-refractivity contribution in [2.45, 2.75) is 45.6 Å². The Morgan fingerprint density at radius 2 is 2.44 bits per heavy atom. The largest absolute Gasteiger partial charge is 0.347 e. The van der Waals surface area contributed by atoms with E-state index in [2.05, 4.69) is 22.5 Å². The number of hydrogen-bond donors (Lipinski definition) is 2. The van der Waals surface area contributed by atoms with Crippen molar-refractivity contribution >= 4 is 17.2 Å². The molecule has 0 aromatic carbocycles. The molecule has 0 unspecified atom stereocenters. The van der Waals surface area contributed by atoms with Gasteiger partial charge in [0, 0.05) is 12.6 Å². The summed E-state index contributed by atoms with van der Waals surface area (Å²) >= 11 is 1.54. The summed E-state index contributed by atoms with van der Waals surface area (Å²) < 4.78 is 0. The Morgan fingerprint density at radius 1 is 1.61 bits per heavy atom. The van der Waals surface area contributed by atoms with E-state index in [0.29, 0.717) is 0 Å². The van der Waals surface area contributed by atoms with Crippen LogP contribution >= 0.6 is 11.3 Å². The molecule has 1 aliphatic heterocycles. The lowest BCUT2D eigenvalue weighted by atomic mass is 10.1. The first kappa shape index (κ1) is 13.5. The lowest BCUT2D eigenvalue weighted by molar-refractivity contribution is 0.0934. The smallest absolute Gasteiger partial charge is 0.263 e. The van der Waals surface area contributed by atoms with Crippen molar-refractivity contribution in [3.63, 3.8) is 0 Å². The second-order valence-corrected chi connectivity index (χ2v) is 5.87. The van der Waals surface area contributed by atoms with E-state index in [1.807, 2.05) is 6.92 Å². The van der Waals surface area contributed by atoms with Crippen molar-refractivity contribution in [2.75, 3.05) is 13.1 Å². The number of rotatable bonds is 4. The predicted molar refractivity (Wildman–Crippen MR) is 74.2 cm³/mol. The zero-order chi connectivity index (χ0) is 13.0. The minimum Gasteiger partial charge on any atom is -0.347 e. The van der Waals surface area contributed by atoms with Gasteiger partial charge in [0.15, 0.2) is 0 Å². The highest BCUT2D eigenvalue weighted by Gasteiger charge is 2.19. The summed E-state index contributed by atoms with van der Waals surface area (Å²) in [5.41, 5.74) is 0.865. The van der Waals surface area contributed by atoms with Crippen LogP contribution in [0.1, 0.15) is 46.6 Å². The minimum absolute atomic E-state index is 0.0426. The van der Waals surface area contributed by atoms with E-state index in [9.17, 15) is 4.79 Å². The molecule has 1 amide bonds. The second-order valence-electron chi connectivity index (χ2n) is 4.79. The minimum atomic E-state index is 0.0426. The van der Waals surface area contributed by atoms with Crippen LogP contribution in [-0.2, 0) is 6.42 Å². The maximum atomic E-state index is 12.2. The molecule has 100 valence electrons. The van der Waals surface area contributed by atoms with E-state index in [1.165, 1.54) is 11.3 Å². The van der Waals surface area contributed by atoms with E-state index in [-0.39, 0.29) is 11.9 Å². The van der Waals surface area contributed by atoms with E-state index in [1.54, 1.807) is 0 Å². The first-order valence-electron chi connectivity index (χ1n) is 6.68. The Bertz CT molecular complexity index is 410. The first-order valence-corrected chi connectivity index (χ1v) is 7.50. The molecule has 1 fully saturated rings. The van der Waals surface area contributed by atoms with Crippen LogP contribution in [0.4, 0.5) is 0 Å². The Balaban J connectivity index is 1.99. The van der Waals surface area contributed by atoms with E-state index in [4.69, 9.17) is 0 Å². The summed E-state index contributed by atoms with van der Waals surface area (Å²) in [5.74, 6) is 0.0426. The highest BCUT2D eigenvalue weighted by atomic mass is 32.1. The zero-order valence-corrected chi connectivity index (χ0v) is 11.9. The molecule has 0 spiro atoms. The van der Waals surface area contributed by atoms with Gasteiger partial charge < -0.3 is 10.6 Å². The number of aromatic nitrogens is 1. The van der Waals surface area contributed by atoms with Crippen LogP contribution in [0.2, 0.25) is 0 Å². The van der Waals surface area contributed by atoms with Gasteiger partial charge in [0.2, 0.25) is 0 Å². The number of hydrogen-bond acceptors (Lipinski definition) is 4. The SMILES string of the molecule is CCCc1nc(C)c(C(=O)N[C@H]2CCCNC2)s1. The summed E-state index contributed by atoms with van der Waals surface area (Å²) in [5, 5.41) is 7.48. The van der Waals surface area contributed by atoms with Gasteiger partial charge in [-0.1, -0.05) is 6.92 Å². The number of nitrogens with zero attached hydrogens (tertiary/aromatic N) is 1. The molecule has 0 bridgehead atoms. The number of amides is 1. The third-order valence-corrected chi connectivity index (χ3v) is 4.36. The Kier molecular flexibility index (Phi) is 4.72. The van der Waals surface area contributed by atoms with Gasteiger partial charge in [-0.25, -0.2) is 4.98 Å². The van der Waals surface area contributed by atoms with Gasteiger partial charge in [-0.3, -0.25) is 4.79 Å². The molecule has 2 rings (SSSR count). The molecule has 1 aromatic heterocycles. The molecule has 2 heterocycles. The van der Waals surface area contributed by atoms with Gasteiger partial charge in [0.1, 0.15) is 4.88 Å². The van der Waals surface area contributed by atoms with Crippen LogP contribution in [0, 0.1) is 6.92 Å². The molecule has 4 nitrogen and oxygen atoms in total. The third kappa shape index (κ3) is 3.29. The van der Waals surface area contributed by atoms with E-state index >= 15 is 0 Å². The molecule has 1 saturated heterocycles. The molecule has 1 aromatic rings. The van der Waals surface area contributed by atoms with Crippen LogP contribution in [0.15, 0.2) is 0 Å². The van der Waals surface area contributed by atoms with Crippen LogP contribution in [-0.4, -0.2) is 30.0 Å². The number of piperidine rings is 1. The average Bonchev–Trinajstić information content (AvgIpc) is 2.72. The second kappa shape index (κ2) is 6.29. The Labute approximate surface area is 112 Å². The van der Waals surface area contributed by atoms with Gasteiger partial charge in [-0.15, -0.1) is 11.3 Å². The van der Waals surface area contributed by atoms with E-state index in [0.717, 1.165) is 54.4 Å². The van der Waals surface area contributed by atoms with Crippen molar-refractivity contribution in [3.05, 3.63) is 15.6 Å². The van der Waals surface area contributed by atoms with Gasteiger partial charge in [-0.05, 0) is 39.2 Å². The van der Waals surface area contributed by atoms with Crippen molar-refractivity contribution < 1.29 is 4.79 Å². The Hall–Kier alpha value is -0.940. The van der Waals surface area contributed by atoms with Crippen LogP contribution in [0.25, 0.3) is 0 Å². The molecule has 1 atom stereocenters. The van der Waals surface area contributed by atoms with E-state index < -0.39 is 0 Å². The number of carbonyl (C=O) groups is 1. The van der Waals surface area contributed by atoms with Gasteiger partial charge in [0.05, 0.1) is 10.7 Å². The number of thiazole rings is 1. The van der Waals surface area contributed by atoms with Gasteiger partial charge >= 0.3 is 0 Å².